The maximum atomic E-state index is 11.8. The Bertz CT molecular complexity index is 413. The van der Waals surface area contributed by atoms with Crippen LogP contribution in [0.4, 0.5) is 0 Å². The van der Waals surface area contributed by atoms with Crippen LogP contribution in [-0.4, -0.2) is 25.5 Å². The molecule has 0 atom stereocenters. The van der Waals surface area contributed by atoms with Crippen molar-refractivity contribution in [3.05, 3.63) is 35.4 Å². The molecule has 0 spiro atoms. The molecular weight excluding hydrogens is 266 g/mol. The summed E-state index contributed by atoms with van der Waals surface area (Å²) in [7, 11) is 1.39. The molecule has 1 rings (SSSR count). The fourth-order valence-corrected chi connectivity index (χ4v) is 1.68. The minimum atomic E-state index is -0.177. The molecule has 0 aliphatic carbocycles. The second-order valence-corrected chi connectivity index (χ2v) is 4.51. The molecule has 0 bridgehead atoms. The summed E-state index contributed by atoms with van der Waals surface area (Å²) in [5.41, 5.74) is 1.82. The largest absolute Gasteiger partial charge is 0.469 e. The monoisotopic (exact) mass is 293 g/mol. The van der Waals surface area contributed by atoms with Crippen molar-refractivity contribution in [2.75, 3.05) is 13.7 Å². The van der Waals surface area contributed by atoms with Gasteiger partial charge in [-0.25, -0.2) is 0 Å². The van der Waals surface area contributed by atoms with Crippen LogP contribution in [0.25, 0.3) is 0 Å². The van der Waals surface area contributed by atoms with Crippen molar-refractivity contribution >= 4 is 11.9 Å². The van der Waals surface area contributed by atoms with Crippen molar-refractivity contribution in [1.82, 2.24) is 5.32 Å². The smallest absolute Gasteiger partial charge is 0.305 e. The molecule has 4 heteroatoms. The first-order valence-corrected chi connectivity index (χ1v) is 7.55. The van der Waals surface area contributed by atoms with Gasteiger partial charge in [-0.15, -0.1) is 0 Å². The number of benzene rings is 1. The molecule has 0 fully saturated rings. The summed E-state index contributed by atoms with van der Waals surface area (Å²) in [6.07, 6.45) is 3.02. The summed E-state index contributed by atoms with van der Waals surface area (Å²) in [4.78, 5) is 22.6. The fraction of sp³-hybridized carbons (Fsp3) is 0.529. The van der Waals surface area contributed by atoms with Crippen molar-refractivity contribution in [2.45, 2.75) is 46.5 Å². The number of ether oxygens (including phenoxy) is 1. The van der Waals surface area contributed by atoms with Crippen LogP contribution in [0.5, 0.6) is 0 Å². The van der Waals surface area contributed by atoms with Gasteiger partial charge in [0.1, 0.15) is 0 Å². The molecule has 0 aromatic heterocycles. The normalized spacial score (nSPS) is 9.33. The van der Waals surface area contributed by atoms with Gasteiger partial charge in [0.2, 0.25) is 0 Å². The highest BCUT2D eigenvalue weighted by Crippen LogP contribution is 2.03. The van der Waals surface area contributed by atoms with Gasteiger partial charge in [0.05, 0.1) is 7.11 Å². The maximum Gasteiger partial charge on any atom is 0.305 e. The number of methoxy groups -OCH3 is 1. The zero-order valence-corrected chi connectivity index (χ0v) is 13.6. The molecule has 0 heterocycles. The van der Waals surface area contributed by atoms with Crippen molar-refractivity contribution in [1.29, 1.82) is 0 Å². The van der Waals surface area contributed by atoms with Gasteiger partial charge >= 0.3 is 5.97 Å². The van der Waals surface area contributed by atoms with Crippen LogP contribution in [0, 0.1) is 6.92 Å². The highest BCUT2D eigenvalue weighted by atomic mass is 16.5. The Morgan fingerprint density at radius 2 is 1.67 bits per heavy atom. The highest BCUT2D eigenvalue weighted by molar-refractivity contribution is 5.94. The zero-order valence-electron chi connectivity index (χ0n) is 13.6. The van der Waals surface area contributed by atoms with Gasteiger partial charge < -0.3 is 10.1 Å². The SMILES string of the molecule is CC.COC(=O)CCCCCNC(=O)c1ccc(C)cc1. The molecule has 0 saturated heterocycles. The van der Waals surface area contributed by atoms with E-state index in [0.717, 1.165) is 24.8 Å². The minimum absolute atomic E-state index is 0.0482. The molecule has 0 aliphatic rings. The molecule has 1 aromatic rings. The van der Waals surface area contributed by atoms with Gasteiger partial charge in [-0.05, 0) is 31.9 Å². The minimum Gasteiger partial charge on any atom is -0.469 e. The van der Waals surface area contributed by atoms with E-state index in [1.165, 1.54) is 7.11 Å². The van der Waals surface area contributed by atoms with E-state index in [4.69, 9.17) is 0 Å². The lowest BCUT2D eigenvalue weighted by atomic mass is 10.1. The first kappa shape index (κ1) is 19.2. The van der Waals surface area contributed by atoms with Crippen LogP contribution in [0.2, 0.25) is 0 Å². The molecule has 118 valence electrons. The van der Waals surface area contributed by atoms with Crippen LogP contribution >= 0.6 is 0 Å². The molecule has 0 saturated carbocycles. The van der Waals surface area contributed by atoms with Crippen molar-refractivity contribution < 1.29 is 14.3 Å². The number of hydrogen-bond donors (Lipinski definition) is 1. The highest BCUT2D eigenvalue weighted by Gasteiger charge is 2.04. The Kier molecular flexibility index (Phi) is 10.9. The summed E-state index contributed by atoms with van der Waals surface area (Å²) in [6, 6.07) is 7.49. The van der Waals surface area contributed by atoms with E-state index in [-0.39, 0.29) is 11.9 Å². The first-order chi connectivity index (χ1) is 10.1. The van der Waals surface area contributed by atoms with E-state index in [2.05, 4.69) is 10.1 Å². The van der Waals surface area contributed by atoms with Crippen molar-refractivity contribution in [3.63, 3.8) is 0 Å². The Balaban J connectivity index is 0.00000191. The number of esters is 1. The molecule has 21 heavy (non-hydrogen) atoms. The molecule has 4 nitrogen and oxygen atoms in total. The summed E-state index contributed by atoms with van der Waals surface area (Å²) < 4.78 is 4.55. The Morgan fingerprint density at radius 3 is 2.24 bits per heavy atom. The molecule has 0 unspecified atom stereocenters. The fourth-order valence-electron chi connectivity index (χ4n) is 1.68. The Labute approximate surface area is 127 Å². The second-order valence-electron chi connectivity index (χ2n) is 4.51. The maximum absolute atomic E-state index is 11.8. The predicted molar refractivity (Wildman–Crippen MR) is 85.3 cm³/mol. The lowest BCUT2D eigenvalue weighted by Gasteiger charge is -2.05. The van der Waals surface area contributed by atoms with Crippen LogP contribution in [0.3, 0.4) is 0 Å². The van der Waals surface area contributed by atoms with Gasteiger partial charge in [-0.1, -0.05) is 38.0 Å². The van der Waals surface area contributed by atoms with E-state index >= 15 is 0 Å². The summed E-state index contributed by atoms with van der Waals surface area (Å²) >= 11 is 0. The lowest BCUT2D eigenvalue weighted by molar-refractivity contribution is -0.140. The topological polar surface area (TPSA) is 55.4 Å². The van der Waals surface area contributed by atoms with E-state index in [1.54, 1.807) is 0 Å². The van der Waals surface area contributed by atoms with E-state index < -0.39 is 0 Å². The van der Waals surface area contributed by atoms with Crippen molar-refractivity contribution in [2.24, 2.45) is 0 Å². The summed E-state index contributed by atoms with van der Waals surface area (Å²) in [5.74, 6) is -0.225. The number of aryl methyl sites for hydroxylation is 1. The molecule has 1 aromatic carbocycles. The van der Waals surface area contributed by atoms with Gasteiger partial charge in [-0.2, -0.15) is 0 Å². The number of carbonyl (C=O) groups excluding carboxylic acids is 2. The van der Waals surface area contributed by atoms with Crippen LogP contribution in [0.15, 0.2) is 24.3 Å². The van der Waals surface area contributed by atoms with Gasteiger partial charge in [0.15, 0.2) is 0 Å². The first-order valence-electron chi connectivity index (χ1n) is 7.55. The lowest BCUT2D eigenvalue weighted by Crippen LogP contribution is -2.24. The number of hydrogen-bond acceptors (Lipinski definition) is 3. The number of carbonyl (C=O) groups is 2. The number of rotatable bonds is 7. The quantitative estimate of drug-likeness (QED) is 0.618. The van der Waals surface area contributed by atoms with E-state index in [9.17, 15) is 9.59 Å². The number of amides is 1. The number of unbranched alkanes of at least 4 members (excludes halogenated alkanes) is 2. The van der Waals surface area contributed by atoms with Crippen LogP contribution < -0.4 is 5.32 Å². The van der Waals surface area contributed by atoms with Crippen molar-refractivity contribution in [3.8, 4) is 0 Å². The Morgan fingerprint density at radius 1 is 1.05 bits per heavy atom. The van der Waals surface area contributed by atoms with Gasteiger partial charge in [0, 0.05) is 18.5 Å². The number of nitrogens with one attached hydrogen (secondary N) is 1. The van der Waals surface area contributed by atoms with Crippen LogP contribution in [0.1, 0.15) is 55.5 Å². The molecule has 0 aliphatic heterocycles. The summed E-state index contributed by atoms with van der Waals surface area (Å²) in [6.45, 7) is 6.62. The molecule has 1 N–H and O–H groups in total. The average Bonchev–Trinajstić information content (AvgIpc) is 2.52. The standard InChI is InChI=1S/C15H21NO3.C2H6/c1-12-7-9-13(10-8-12)15(18)16-11-5-3-4-6-14(17)19-2;1-2/h7-10H,3-6,11H2,1-2H3,(H,16,18);1-2H3. The predicted octanol–water partition coefficient (Wildman–Crippen LogP) is 3.48. The molecule has 0 radical (unpaired) electrons. The van der Waals surface area contributed by atoms with Crippen LogP contribution in [-0.2, 0) is 9.53 Å². The molecular formula is C17H27NO3. The third kappa shape index (κ3) is 8.84. The van der Waals surface area contributed by atoms with E-state index in [0.29, 0.717) is 18.5 Å². The van der Waals surface area contributed by atoms with Gasteiger partial charge in [-0.3, -0.25) is 9.59 Å². The summed E-state index contributed by atoms with van der Waals surface area (Å²) in [5, 5.41) is 2.87. The second kappa shape index (κ2) is 11.9. The average molecular weight is 293 g/mol. The third-order valence-corrected chi connectivity index (χ3v) is 2.88. The molecule has 1 amide bonds. The van der Waals surface area contributed by atoms with Gasteiger partial charge in [0.25, 0.3) is 5.91 Å². The Hall–Kier alpha value is -1.84. The third-order valence-electron chi connectivity index (χ3n) is 2.88. The van der Waals surface area contributed by atoms with E-state index in [1.807, 2.05) is 45.0 Å². The zero-order chi connectivity index (χ0) is 16.1.